The van der Waals surface area contributed by atoms with Gasteiger partial charge in [-0.3, -0.25) is 4.79 Å². The Hall–Kier alpha value is -1.73. The number of hydrogen-bond acceptors (Lipinski definition) is 5. The Balaban J connectivity index is 1.53. The number of carbonyl (C=O) groups is 1. The van der Waals surface area contributed by atoms with Gasteiger partial charge in [0.1, 0.15) is 6.10 Å². The van der Waals surface area contributed by atoms with Gasteiger partial charge in [0.05, 0.1) is 11.0 Å². The van der Waals surface area contributed by atoms with Crippen molar-refractivity contribution in [2.45, 2.75) is 12.5 Å². The molecule has 114 valence electrons. The van der Waals surface area contributed by atoms with E-state index in [0.29, 0.717) is 19.1 Å². The molecule has 2 aromatic heterocycles. The Morgan fingerprint density at radius 2 is 2.27 bits per heavy atom. The van der Waals surface area contributed by atoms with E-state index in [1.54, 1.807) is 34.7 Å². The molecule has 0 bridgehead atoms. The second kappa shape index (κ2) is 7.02. The number of thiophene rings is 1. The summed E-state index contributed by atoms with van der Waals surface area (Å²) in [6.07, 6.45) is 7.48. The van der Waals surface area contributed by atoms with Crippen molar-refractivity contribution in [3.05, 3.63) is 45.3 Å². The molecule has 0 aromatic carbocycles. The summed E-state index contributed by atoms with van der Waals surface area (Å²) in [5.41, 5.74) is 0. The highest BCUT2D eigenvalue weighted by Gasteiger charge is 2.27. The molecule has 2 aromatic rings. The van der Waals surface area contributed by atoms with E-state index in [4.69, 9.17) is 4.74 Å². The quantitative estimate of drug-likeness (QED) is 0.766. The summed E-state index contributed by atoms with van der Waals surface area (Å²) in [6.45, 7) is 1.25. The number of aromatic nitrogens is 2. The fraction of sp³-hybridized carbons (Fsp3) is 0.267. The monoisotopic (exact) mass is 379 g/mol. The summed E-state index contributed by atoms with van der Waals surface area (Å²) >= 11 is 4.89. The first kappa shape index (κ1) is 15.2. The zero-order valence-corrected chi connectivity index (χ0v) is 14.1. The van der Waals surface area contributed by atoms with Crippen LogP contribution in [-0.4, -0.2) is 40.0 Å². The second-order valence-corrected chi connectivity index (χ2v) is 6.74. The van der Waals surface area contributed by atoms with Crippen LogP contribution in [0, 0.1) is 0 Å². The van der Waals surface area contributed by atoms with Crippen LogP contribution < -0.4 is 4.74 Å². The predicted octanol–water partition coefficient (Wildman–Crippen LogP) is 2.99. The maximum Gasteiger partial charge on any atom is 0.316 e. The van der Waals surface area contributed by atoms with Gasteiger partial charge in [-0.25, -0.2) is 9.97 Å². The summed E-state index contributed by atoms with van der Waals surface area (Å²) in [5, 5.41) is 1.99. The van der Waals surface area contributed by atoms with Gasteiger partial charge in [0.25, 0.3) is 0 Å². The highest BCUT2D eigenvalue weighted by atomic mass is 79.9. The number of amides is 1. The normalized spacial score (nSPS) is 18.0. The number of halogens is 1. The standard InChI is InChI=1S/C15H14BrN3O2S/c16-11-8-17-15(18-9-11)21-12-5-6-19(10-12)14(20)4-3-13-2-1-7-22-13/h1-4,7-9,12H,5-6,10H2/b4-3+/t12-/m1/s1. The lowest BCUT2D eigenvalue weighted by molar-refractivity contribution is -0.125. The largest absolute Gasteiger partial charge is 0.458 e. The van der Waals surface area contributed by atoms with Crippen LogP contribution in [0.2, 0.25) is 0 Å². The van der Waals surface area contributed by atoms with Gasteiger partial charge in [0, 0.05) is 36.3 Å². The van der Waals surface area contributed by atoms with Crippen LogP contribution in [-0.2, 0) is 4.79 Å². The Labute approximate surface area is 140 Å². The fourth-order valence-corrected chi connectivity index (χ4v) is 3.00. The van der Waals surface area contributed by atoms with E-state index in [1.807, 2.05) is 23.6 Å². The molecule has 0 unspecified atom stereocenters. The fourth-order valence-electron chi connectivity index (χ4n) is 2.18. The minimum Gasteiger partial charge on any atom is -0.458 e. The third kappa shape index (κ3) is 3.92. The number of likely N-dealkylation sites (tertiary alicyclic amines) is 1. The van der Waals surface area contributed by atoms with E-state index < -0.39 is 0 Å². The molecule has 0 N–H and O–H groups in total. The van der Waals surface area contributed by atoms with Crippen molar-refractivity contribution < 1.29 is 9.53 Å². The number of carbonyl (C=O) groups excluding carboxylic acids is 1. The molecule has 1 atom stereocenters. The van der Waals surface area contributed by atoms with Crippen LogP contribution in [0.1, 0.15) is 11.3 Å². The highest BCUT2D eigenvalue weighted by molar-refractivity contribution is 9.10. The van der Waals surface area contributed by atoms with Crippen molar-refractivity contribution in [1.29, 1.82) is 0 Å². The Morgan fingerprint density at radius 3 is 3.00 bits per heavy atom. The van der Waals surface area contributed by atoms with E-state index >= 15 is 0 Å². The van der Waals surface area contributed by atoms with Crippen molar-refractivity contribution in [3.8, 4) is 6.01 Å². The van der Waals surface area contributed by atoms with E-state index in [2.05, 4.69) is 25.9 Å². The maximum atomic E-state index is 12.1. The SMILES string of the molecule is O=C(/C=C/c1cccs1)N1CC[C@@H](Oc2ncc(Br)cn2)C1. The van der Waals surface area contributed by atoms with Crippen LogP contribution in [0.4, 0.5) is 0 Å². The van der Waals surface area contributed by atoms with Gasteiger partial charge >= 0.3 is 6.01 Å². The molecule has 22 heavy (non-hydrogen) atoms. The second-order valence-electron chi connectivity index (χ2n) is 4.85. The van der Waals surface area contributed by atoms with Gasteiger partial charge in [0.15, 0.2) is 0 Å². The van der Waals surface area contributed by atoms with Crippen LogP contribution in [0.5, 0.6) is 6.01 Å². The van der Waals surface area contributed by atoms with Gasteiger partial charge in [0.2, 0.25) is 5.91 Å². The van der Waals surface area contributed by atoms with E-state index in [9.17, 15) is 4.79 Å². The Morgan fingerprint density at radius 1 is 1.45 bits per heavy atom. The molecule has 0 aliphatic carbocycles. The van der Waals surface area contributed by atoms with Crippen LogP contribution in [0.15, 0.2) is 40.5 Å². The van der Waals surface area contributed by atoms with Crippen molar-refractivity contribution in [1.82, 2.24) is 14.9 Å². The number of ether oxygens (including phenoxy) is 1. The molecule has 3 rings (SSSR count). The summed E-state index contributed by atoms with van der Waals surface area (Å²) < 4.78 is 6.51. The van der Waals surface area contributed by atoms with Gasteiger partial charge in [-0.05, 0) is 33.5 Å². The molecule has 1 aliphatic rings. The molecule has 1 fully saturated rings. The molecule has 0 spiro atoms. The smallest absolute Gasteiger partial charge is 0.316 e. The molecule has 1 saturated heterocycles. The average Bonchev–Trinajstić information content (AvgIpc) is 3.19. The molecule has 3 heterocycles. The zero-order valence-electron chi connectivity index (χ0n) is 11.7. The lowest BCUT2D eigenvalue weighted by Gasteiger charge is -2.14. The van der Waals surface area contributed by atoms with Crippen LogP contribution in [0.25, 0.3) is 6.08 Å². The van der Waals surface area contributed by atoms with Gasteiger partial charge < -0.3 is 9.64 Å². The molecule has 1 amide bonds. The maximum absolute atomic E-state index is 12.1. The molecule has 0 radical (unpaired) electrons. The first-order valence-corrected chi connectivity index (χ1v) is 8.52. The van der Waals surface area contributed by atoms with Crippen molar-refractivity contribution in [2.75, 3.05) is 13.1 Å². The van der Waals surface area contributed by atoms with Crippen LogP contribution >= 0.6 is 27.3 Å². The summed E-state index contributed by atoms with van der Waals surface area (Å²) in [6, 6.07) is 4.29. The molecular weight excluding hydrogens is 366 g/mol. The molecular formula is C15H14BrN3O2S. The van der Waals surface area contributed by atoms with Crippen molar-refractivity contribution >= 4 is 39.2 Å². The van der Waals surface area contributed by atoms with Gasteiger partial charge in [-0.2, -0.15) is 0 Å². The predicted molar refractivity (Wildman–Crippen MR) is 88.7 cm³/mol. The van der Waals surface area contributed by atoms with E-state index in [1.165, 1.54) is 0 Å². The first-order valence-electron chi connectivity index (χ1n) is 6.85. The number of hydrogen-bond donors (Lipinski definition) is 0. The number of nitrogens with zero attached hydrogens (tertiary/aromatic N) is 3. The van der Waals surface area contributed by atoms with E-state index in [-0.39, 0.29) is 12.0 Å². The molecule has 1 aliphatic heterocycles. The zero-order chi connectivity index (χ0) is 15.4. The highest BCUT2D eigenvalue weighted by Crippen LogP contribution is 2.17. The van der Waals surface area contributed by atoms with Gasteiger partial charge in [-0.1, -0.05) is 6.07 Å². The van der Waals surface area contributed by atoms with Gasteiger partial charge in [-0.15, -0.1) is 11.3 Å². The third-order valence-corrected chi connectivity index (χ3v) is 4.51. The lowest BCUT2D eigenvalue weighted by atomic mass is 10.3. The summed E-state index contributed by atoms with van der Waals surface area (Å²) in [4.78, 5) is 23.2. The molecule has 5 nitrogen and oxygen atoms in total. The minimum absolute atomic E-state index is 0.0104. The molecule has 0 saturated carbocycles. The van der Waals surface area contributed by atoms with Crippen molar-refractivity contribution in [3.63, 3.8) is 0 Å². The van der Waals surface area contributed by atoms with Crippen molar-refractivity contribution in [2.24, 2.45) is 0 Å². The summed E-state index contributed by atoms with van der Waals surface area (Å²) in [7, 11) is 0. The molecule has 7 heteroatoms. The van der Waals surface area contributed by atoms with Crippen LogP contribution in [0.3, 0.4) is 0 Å². The summed E-state index contributed by atoms with van der Waals surface area (Å²) in [5.74, 6) is 0.0104. The Kier molecular flexibility index (Phi) is 4.84. The minimum atomic E-state index is -0.0553. The third-order valence-electron chi connectivity index (χ3n) is 3.26. The Bertz CT molecular complexity index is 658. The first-order chi connectivity index (χ1) is 10.7. The topological polar surface area (TPSA) is 55.3 Å². The average molecular weight is 380 g/mol. The van der Waals surface area contributed by atoms with E-state index in [0.717, 1.165) is 15.8 Å². The number of rotatable bonds is 4. The lowest BCUT2D eigenvalue weighted by Crippen LogP contribution is -2.29.